The molecule has 1 aliphatic heterocycles. The number of ether oxygens (including phenoxy) is 1. The molecule has 3 atom stereocenters. The molecule has 84 valence electrons. The lowest BCUT2D eigenvalue weighted by molar-refractivity contribution is 0.0355. The highest BCUT2D eigenvalue weighted by molar-refractivity contribution is 4.84. The Bertz CT molecular complexity index is 163. The lowest BCUT2D eigenvalue weighted by atomic mass is 10.1. The molecule has 0 aromatic carbocycles. The van der Waals surface area contributed by atoms with Gasteiger partial charge in [-0.2, -0.15) is 0 Å². The monoisotopic (exact) mass is 200 g/mol. The second kappa shape index (κ2) is 5.69. The molecule has 0 bridgehead atoms. The number of hydrogen-bond acceptors (Lipinski definition) is 3. The van der Waals surface area contributed by atoms with Crippen LogP contribution in [-0.4, -0.2) is 49.3 Å². The molecule has 0 aliphatic carbocycles. The average molecular weight is 200 g/mol. The minimum absolute atomic E-state index is 0.537. The molecule has 0 amide bonds. The minimum Gasteiger partial charge on any atom is -0.380 e. The minimum atomic E-state index is 0.537. The first-order chi connectivity index (χ1) is 6.65. The third-order valence-electron chi connectivity index (χ3n) is 2.94. The third kappa shape index (κ3) is 3.23. The van der Waals surface area contributed by atoms with Gasteiger partial charge in [-0.3, -0.25) is 4.90 Å². The van der Waals surface area contributed by atoms with E-state index in [1.165, 1.54) is 0 Å². The first kappa shape index (κ1) is 12.0. The first-order valence-electron chi connectivity index (χ1n) is 5.72. The lowest BCUT2D eigenvalue weighted by Crippen LogP contribution is -2.57. The molecule has 1 rings (SSSR count). The van der Waals surface area contributed by atoms with E-state index in [0.29, 0.717) is 18.1 Å². The molecule has 3 unspecified atom stereocenters. The highest BCUT2D eigenvalue weighted by Gasteiger charge is 2.25. The summed E-state index contributed by atoms with van der Waals surface area (Å²) in [5.74, 6) is 0. The molecule has 3 heteroatoms. The van der Waals surface area contributed by atoms with Crippen molar-refractivity contribution in [1.29, 1.82) is 0 Å². The van der Waals surface area contributed by atoms with Crippen molar-refractivity contribution in [1.82, 2.24) is 10.2 Å². The largest absolute Gasteiger partial charge is 0.380 e. The predicted octanol–water partition coefficient (Wildman–Crippen LogP) is 1.09. The highest BCUT2D eigenvalue weighted by Crippen LogP contribution is 2.11. The van der Waals surface area contributed by atoms with E-state index in [0.717, 1.165) is 26.3 Å². The molecule has 0 radical (unpaired) electrons. The predicted molar refractivity (Wildman–Crippen MR) is 59.6 cm³/mol. The van der Waals surface area contributed by atoms with E-state index in [1.807, 2.05) is 0 Å². The van der Waals surface area contributed by atoms with Gasteiger partial charge in [0, 0.05) is 37.8 Å². The van der Waals surface area contributed by atoms with Crippen LogP contribution in [0.5, 0.6) is 0 Å². The molecule has 1 saturated heterocycles. The van der Waals surface area contributed by atoms with E-state index in [4.69, 9.17) is 4.74 Å². The Morgan fingerprint density at radius 1 is 1.50 bits per heavy atom. The van der Waals surface area contributed by atoms with E-state index in [9.17, 15) is 0 Å². The Morgan fingerprint density at radius 2 is 2.21 bits per heavy atom. The van der Waals surface area contributed by atoms with Gasteiger partial charge >= 0.3 is 0 Å². The maximum Gasteiger partial charge on any atom is 0.0619 e. The summed E-state index contributed by atoms with van der Waals surface area (Å²) in [4.78, 5) is 2.54. The molecule has 14 heavy (non-hydrogen) atoms. The van der Waals surface area contributed by atoms with E-state index >= 15 is 0 Å². The van der Waals surface area contributed by atoms with E-state index < -0.39 is 0 Å². The van der Waals surface area contributed by atoms with Crippen LogP contribution >= 0.6 is 0 Å². The molecule has 1 N–H and O–H groups in total. The molecule has 0 aromatic heterocycles. The van der Waals surface area contributed by atoms with Gasteiger partial charge in [0.1, 0.15) is 0 Å². The molecule has 1 fully saturated rings. The summed E-state index contributed by atoms with van der Waals surface area (Å²) in [5, 5.41) is 3.49. The van der Waals surface area contributed by atoms with Crippen molar-refractivity contribution in [2.75, 3.05) is 26.3 Å². The van der Waals surface area contributed by atoms with Crippen LogP contribution in [0.15, 0.2) is 0 Å². The molecular weight excluding hydrogens is 176 g/mol. The Morgan fingerprint density at radius 3 is 2.86 bits per heavy atom. The molecule has 0 aromatic rings. The topological polar surface area (TPSA) is 24.5 Å². The Kier molecular flexibility index (Phi) is 4.85. The van der Waals surface area contributed by atoms with Gasteiger partial charge in [0.25, 0.3) is 0 Å². The van der Waals surface area contributed by atoms with Gasteiger partial charge in [0.05, 0.1) is 6.61 Å². The molecular formula is C11H24N2O. The molecule has 0 spiro atoms. The van der Waals surface area contributed by atoms with Crippen molar-refractivity contribution in [3.8, 4) is 0 Å². The highest BCUT2D eigenvalue weighted by atomic mass is 16.5. The van der Waals surface area contributed by atoms with Gasteiger partial charge in [-0.15, -0.1) is 0 Å². The van der Waals surface area contributed by atoms with Crippen molar-refractivity contribution in [2.45, 2.75) is 45.8 Å². The molecule has 1 heterocycles. The second-order valence-electron chi connectivity index (χ2n) is 4.36. The van der Waals surface area contributed by atoms with Crippen molar-refractivity contribution >= 4 is 0 Å². The summed E-state index contributed by atoms with van der Waals surface area (Å²) in [6.45, 7) is 12.7. The second-order valence-corrected chi connectivity index (χ2v) is 4.36. The van der Waals surface area contributed by atoms with Crippen LogP contribution < -0.4 is 5.32 Å². The molecule has 1 aliphatic rings. The smallest absolute Gasteiger partial charge is 0.0619 e. The third-order valence-corrected chi connectivity index (χ3v) is 2.94. The van der Waals surface area contributed by atoms with E-state index in [1.54, 1.807) is 0 Å². The zero-order valence-corrected chi connectivity index (χ0v) is 9.92. The maximum atomic E-state index is 5.47. The van der Waals surface area contributed by atoms with Crippen LogP contribution in [-0.2, 0) is 4.74 Å². The van der Waals surface area contributed by atoms with Crippen LogP contribution in [0.3, 0.4) is 0 Å². The standard InChI is InChI=1S/C11H24N2O/c1-5-14-8-11(4)13-7-9(2)12-6-10(13)3/h9-12H,5-8H2,1-4H3. The normalized spacial score (nSPS) is 31.7. The number of piperazine rings is 1. The SMILES string of the molecule is CCOCC(C)N1CC(C)NCC1C. The number of nitrogens with one attached hydrogen (secondary N) is 1. The average Bonchev–Trinajstić information content (AvgIpc) is 2.18. The van der Waals surface area contributed by atoms with Crippen LogP contribution in [0.2, 0.25) is 0 Å². The Balaban J connectivity index is 2.38. The summed E-state index contributed by atoms with van der Waals surface area (Å²) in [6, 6.07) is 1.77. The number of hydrogen-bond donors (Lipinski definition) is 1. The number of nitrogens with zero attached hydrogens (tertiary/aromatic N) is 1. The van der Waals surface area contributed by atoms with Crippen molar-refractivity contribution in [3.05, 3.63) is 0 Å². The fraction of sp³-hybridized carbons (Fsp3) is 1.00. The van der Waals surface area contributed by atoms with Gasteiger partial charge in [0.15, 0.2) is 0 Å². The number of rotatable bonds is 4. The fourth-order valence-electron chi connectivity index (χ4n) is 2.05. The summed E-state index contributed by atoms with van der Waals surface area (Å²) in [5.41, 5.74) is 0. The Labute approximate surface area is 87.8 Å². The maximum absolute atomic E-state index is 5.47. The van der Waals surface area contributed by atoms with Crippen molar-refractivity contribution in [3.63, 3.8) is 0 Å². The van der Waals surface area contributed by atoms with E-state index in [-0.39, 0.29) is 0 Å². The zero-order chi connectivity index (χ0) is 10.6. The van der Waals surface area contributed by atoms with Gasteiger partial charge in [-0.1, -0.05) is 0 Å². The summed E-state index contributed by atoms with van der Waals surface area (Å²) in [6.07, 6.45) is 0. The van der Waals surface area contributed by atoms with Crippen molar-refractivity contribution < 1.29 is 4.74 Å². The quantitative estimate of drug-likeness (QED) is 0.735. The van der Waals surface area contributed by atoms with E-state index in [2.05, 4.69) is 37.9 Å². The van der Waals surface area contributed by atoms with Crippen LogP contribution in [0.4, 0.5) is 0 Å². The first-order valence-corrected chi connectivity index (χ1v) is 5.72. The molecule has 3 nitrogen and oxygen atoms in total. The summed E-state index contributed by atoms with van der Waals surface area (Å²) >= 11 is 0. The van der Waals surface area contributed by atoms with Crippen molar-refractivity contribution in [2.24, 2.45) is 0 Å². The van der Waals surface area contributed by atoms with Gasteiger partial charge in [-0.05, 0) is 27.7 Å². The van der Waals surface area contributed by atoms with Gasteiger partial charge in [-0.25, -0.2) is 0 Å². The van der Waals surface area contributed by atoms with Gasteiger partial charge < -0.3 is 10.1 Å². The van der Waals surface area contributed by atoms with Gasteiger partial charge in [0.2, 0.25) is 0 Å². The fourth-order valence-corrected chi connectivity index (χ4v) is 2.05. The lowest BCUT2D eigenvalue weighted by Gasteiger charge is -2.41. The zero-order valence-electron chi connectivity index (χ0n) is 9.92. The van der Waals surface area contributed by atoms with Crippen LogP contribution in [0.25, 0.3) is 0 Å². The molecule has 0 saturated carbocycles. The summed E-state index contributed by atoms with van der Waals surface area (Å²) in [7, 11) is 0. The van der Waals surface area contributed by atoms with Crippen LogP contribution in [0, 0.1) is 0 Å². The Hall–Kier alpha value is -0.120. The van der Waals surface area contributed by atoms with Crippen LogP contribution in [0.1, 0.15) is 27.7 Å². The summed E-state index contributed by atoms with van der Waals surface area (Å²) < 4.78 is 5.47.